The molecule has 1 amide bonds. The van der Waals surface area contributed by atoms with Crippen LogP contribution in [0.1, 0.15) is 16.2 Å². The van der Waals surface area contributed by atoms with E-state index in [1.54, 1.807) is 6.92 Å². The van der Waals surface area contributed by atoms with Gasteiger partial charge in [0.2, 0.25) is 5.95 Å². The van der Waals surface area contributed by atoms with E-state index in [0.717, 1.165) is 6.07 Å². The van der Waals surface area contributed by atoms with Crippen molar-refractivity contribution in [3.63, 3.8) is 0 Å². The van der Waals surface area contributed by atoms with Crippen LogP contribution in [0.15, 0.2) is 12.1 Å². The van der Waals surface area contributed by atoms with Gasteiger partial charge in [0.15, 0.2) is 0 Å². The van der Waals surface area contributed by atoms with Crippen molar-refractivity contribution in [2.75, 3.05) is 5.32 Å². The number of carbonyl (C=O) groups is 1. The number of H-pyrrole nitrogens is 1. The number of nitrogens with zero attached hydrogens (tertiary/aromatic N) is 2. The average Bonchev–Trinajstić information content (AvgIpc) is 2.69. The van der Waals surface area contributed by atoms with Gasteiger partial charge in [-0.25, -0.2) is 8.78 Å². The molecule has 0 fully saturated rings. The van der Waals surface area contributed by atoms with Crippen LogP contribution in [0.3, 0.4) is 0 Å². The Bertz CT molecular complexity index is 614. The summed E-state index contributed by atoms with van der Waals surface area (Å²) in [4.78, 5) is 15.5. The maximum absolute atomic E-state index is 13.4. The van der Waals surface area contributed by atoms with Crippen LogP contribution in [0.5, 0.6) is 0 Å². The van der Waals surface area contributed by atoms with Crippen LogP contribution in [0.2, 0.25) is 5.02 Å². The van der Waals surface area contributed by atoms with Crippen molar-refractivity contribution >= 4 is 23.5 Å². The number of aromatic nitrogens is 3. The summed E-state index contributed by atoms with van der Waals surface area (Å²) in [7, 11) is 0. The van der Waals surface area contributed by atoms with Gasteiger partial charge >= 0.3 is 0 Å². The highest BCUT2D eigenvalue weighted by Gasteiger charge is 2.16. The summed E-state index contributed by atoms with van der Waals surface area (Å²) in [5, 5.41) is 7.97. The molecule has 0 aliphatic rings. The number of hydrogen-bond donors (Lipinski definition) is 2. The second-order valence-electron chi connectivity index (χ2n) is 3.44. The molecular weight excluding hydrogens is 266 g/mol. The highest BCUT2D eigenvalue weighted by atomic mass is 35.5. The first-order chi connectivity index (χ1) is 8.47. The molecule has 1 aromatic heterocycles. The van der Waals surface area contributed by atoms with Gasteiger partial charge in [0.05, 0.1) is 10.6 Å². The molecule has 0 aliphatic heterocycles. The van der Waals surface area contributed by atoms with Gasteiger partial charge in [-0.3, -0.25) is 15.2 Å². The lowest BCUT2D eigenvalue weighted by molar-refractivity contribution is 0.102. The molecule has 18 heavy (non-hydrogen) atoms. The highest BCUT2D eigenvalue weighted by molar-refractivity contribution is 6.30. The molecule has 0 atom stereocenters. The Kier molecular flexibility index (Phi) is 3.24. The molecule has 2 aromatic rings. The molecule has 0 bridgehead atoms. The van der Waals surface area contributed by atoms with Crippen LogP contribution in [0.25, 0.3) is 0 Å². The maximum Gasteiger partial charge on any atom is 0.261 e. The number of rotatable bonds is 2. The van der Waals surface area contributed by atoms with Crippen molar-refractivity contribution < 1.29 is 13.6 Å². The molecular formula is C10H7ClF2N4O. The third-order valence-electron chi connectivity index (χ3n) is 2.08. The normalized spacial score (nSPS) is 10.4. The molecule has 0 radical (unpaired) electrons. The lowest BCUT2D eigenvalue weighted by Crippen LogP contribution is -2.15. The van der Waals surface area contributed by atoms with Crippen molar-refractivity contribution in [1.82, 2.24) is 15.2 Å². The van der Waals surface area contributed by atoms with Crippen LogP contribution in [-0.2, 0) is 0 Å². The molecule has 0 saturated heterocycles. The quantitative estimate of drug-likeness (QED) is 0.824. The van der Waals surface area contributed by atoms with Crippen LogP contribution in [0, 0.1) is 18.6 Å². The second kappa shape index (κ2) is 4.69. The summed E-state index contributed by atoms with van der Waals surface area (Å²) in [6, 6.07) is 1.45. The van der Waals surface area contributed by atoms with Gasteiger partial charge in [0.1, 0.15) is 17.5 Å². The number of benzene rings is 1. The van der Waals surface area contributed by atoms with Gasteiger partial charge in [0.25, 0.3) is 5.91 Å². The Morgan fingerprint density at radius 3 is 2.72 bits per heavy atom. The average molecular weight is 273 g/mol. The molecule has 94 valence electrons. The van der Waals surface area contributed by atoms with E-state index in [1.165, 1.54) is 0 Å². The van der Waals surface area contributed by atoms with Crippen molar-refractivity contribution in [3.8, 4) is 0 Å². The lowest BCUT2D eigenvalue weighted by Gasteiger charge is -2.03. The van der Waals surface area contributed by atoms with Crippen LogP contribution in [-0.4, -0.2) is 21.1 Å². The smallest absolute Gasteiger partial charge is 0.261 e. The van der Waals surface area contributed by atoms with Crippen LogP contribution in [0.4, 0.5) is 14.7 Å². The van der Waals surface area contributed by atoms with E-state index in [-0.39, 0.29) is 5.95 Å². The van der Waals surface area contributed by atoms with Crippen molar-refractivity contribution in [2.24, 2.45) is 0 Å². The molecule has 2 rings (SSSR count). The monoisotopic (exact) mass is 272 g/mol. The largest absolute Gasteiger partial charge is 0.289 e. The Balaban J connectivity index is 2.26. The first-order valence-corrected chi connectivity index (χ1v) is 5.20. The van der Waals surface area contributed by atoms with Gasteiger partial charge in [-0.1, -0.05) is 11.6 Å². The van der Waals surface area contributed by atoms with Gasteiger partial charge in [0, 0.05) is 0 Å². The third kappa shape index (κ3) is 2.45. The maximum atomic E-state index is 13.4. The molecule has 0 spiro atoms. The molecule has 2 N–H and O–H groups in total. The van der Waals surface area contributed by atoms with Gasteiger partial charge < -0.3 is 0 Å². The minimum atomic E-state index is -0.925. The van der Waals surface area contributed by atoms with E-state index in [2.05, 4.69) is 20.5 Å². The minimum absolute atomic E-state index is 0.0211. The predicted molar refractivity (Wildman–Crippen MR) is 60.4 cm³/mol. The van der Waals surface area contributed by atoms with E-state index in [9.17, 15) is 13.6 Å². The van der Waals surface area contributed by atoms with Crippen LogP contribution < -0.4 is 5.32 Å². The molecule has 0 unspecified atom stereocenters. The number of amides is 1. The number of nitrogens with one attached hydrogen (secondary N) is 2. The van der Waals surface area contributed by atoms with Crippen LogP contribution >= 0.6 is 11.6 Å². The fourth-order valence-electron chi connectivity index (χ4n) is 1.26. The zero-order valence-corrected chi connectivity index (χ0v) is 9.85. The van der Waals surface area contributed by atoms with Crippen molar-refractivity contribution in [1.29, 1.82) is 0 Å². The zero-order valence-electron chi connectivity index (χ0n) is 9.09. The Morgan fingerprint density at radius 1 is 1.39 bits per heavy atom. The number of aryl methyl sites for hydroxylation is 1. The summed E-state index contributed by atoms with van der Waals surface area (Å²) in [6.07, 6.45) is 0. The van der Waals surface area contributed by atoms with E-state index >= 15 is 0 Å². The highest BCUT2D eigenvalue weighted by Crippen LogP contribution is 2.19. The fourth-order valence-corrected chi connectivity index (χ4v) is 1.41. The predicted octanol–water partition coefficient (Wildman–Crippen LogP) is 2.30. The molecule has 5 nitrogen and oxygen atoms in total. The summed E-state index contributed by atoms with van der Waals surface area (Å²) >= 11 is 5.38. The summed E-state index contributed by atoms with van der Waals surface area (Å²) in [5.41, 5.74) is -0.473. The number of anilines is 1. The number of halogens is 3. The van der Waals surface area contributed by atoms with Gasteiger partial charge in [-0.05, 0) is 19.1 Å². The van der Waals surface area contributed by atoms with Gasteiger partial charge in [-0.2, -0.15) is 4.98 Å². The molecule has 1 aromatic carbocycles. The standard InChI is InChI=1S/C10H7ClF2N4O/c1-4-14-10(17-16-4)15-9(18)5-2-8(13)6(11)3-7(5)12/h2-3H,1H3,(H2,14,15,16,17,18). The Morgan fingerprint density at radius 2 is 2.11 bits per heavy atom. The van der Waals surface area contributed by atoms with E-state index in [0.29, 0.717) is 11.9 Å². The first kappa shape index (κ1) is 12.4. The fraction of sp³-hybridized carbons (Fsp3) is 0.100. The molecule has 8 heteroatoms. The zero-order chi connectivity index (χ0) is 13.3. The summed E-state index contributed by atoms with van der Waals surface area (Å²) in [6.45, 7) is 1.63. The van der Waals surface area contributed by atoms with E-state index in [4.69, 9.17) is 11.6 Å². The first-order valence-electron chi connectivity index (χ1n) is 4.82. The number of carbonyl (C=O) groups excluding carboxylic acids is 1. The minimum Gasteiger partial charge on any atom is -0.289 e. The lowest BCUT2D eigenvalue weighted by atomic mass is 10.2. The van der Waals surface area contributed by atoms with Crippen molar-refractivity contribution in [3.05, 3.63) is 40.2 Å². The van der Waals surface area contributed by atoms with E-state index < -0.39 is 28.1 Å². The SMILES string of the molecule is Cc1nc(NC(=O)c2cc(F)c(Cl)cc2F)n[nH]1. The molecule has 1 heterocycles. The van der Waals surface area contributed by atoms with Crippen molar-refractivity contribution in [2.45, 2.75) is 6.92 Å². The van der Waals surface area contributed by atoms with E-state index in [1.807, 2.05) is 0 Å². The number of hydrogen-bond acceptors (Lipinski definition) is 3. The summed E-state index contributed by atoms with van der Waals surface area (Å²) < 4.78 is 26.6. The Hall–Kier alpha value is -2.02. The second-order valence-corrected chi connectivity index (χ2v) is 3.85. The Labute approximate surface area is 105 Å². The topological polar surface area (TPSA) is 70.7 Å². The number of aromatic amines is 1. The molecule has 0 saturated carbocycles. The molecule has 0 aliphatic carbocycles. The third-order valence-corrected chi connectivity index (χ3v) is 2.37. The van der Waals surface area contributed by atoms with Gasteiger partial charge in [-0.15, -0.1) is 5.10 Å². The summed E-state index contributed by atoms with van der Waals surface area (Å²) in [5.74, 6) is -2.21.